The molecular weight excluding hydrogens is 814 g/mol. The Morgan fingerprint density at radius 3 is 1.03 bits per heavy atom. The Morgan fingerprint density at radius 2 is 0.647 bits per heavy atom. The van der Waals surface area contributed by atoms with Crippen molar-refractivity contribution in [1.82, 2.24) is 0 Å². The van der Waals surface area contributed by atoms with Crippen LogP contribution >= 0.6 is 0 Å². The van der Waals surface area contributed by atoms with Crippen molar-refractivity contribution in [1.29, 1.82) is 0 Å². The molecule has 10 rings (SSSR count). The maximum absolute atomic E-state index is 2.45. The molecule has 0 fully saturated rings. The second kappa shape index (κ2) is 18.9. The Morgan fingerprint density at radius 1 is 0.309 bits per heavy atom. The minimum absolute atomic E-state index is 0.0924. The van der Waals surface area contributed by atoms with Gasteiger partial charge in [0, 0.05) is 0 Å². The zero-order chi connectivity index (χ0) is 47.1. The van der Waals surface area contributed by atoms with E-state index in [1.54, 1.807) is 0 Å². The van der Waals surface area contributed by atoms with Gasteiger partial charge < -0.3 is 0 Å². The van der Waals surface area contributed by atoms with E-state index in [-0.39, 0.29) is 13.4 Å². The van der Waals surface area contributed by atoms with Gasteiger partial charge in [-0.15, -0.1) is 0 Å². The molecule has 0 heterocycles. The SMILES string of the molecule is CC1=CCCC(C)=C1B(c1ccc(-c2c(-c3ccc(B(c4c(C)cccc4C)c4c(C)cccc4C)cc3)c(-c3ccccc3)c3ccccc3c2-c2ccccc2)cc1)c1c(C)cccc1C. The summed E-state index contributed by atoms with van der Waals surface area (Å²) in [6.07, 6.45) is 4.66. The molecule has 1 aliphatic rings. The molecule has 0 saturated carbocycles. The lowest BCUT2D eigenvalue weighted by Crippen LogP contribution is -2.55. The third-order valence-corrected chi connectivity index (χ3v) is 15.0. The number of benzene rings is 9. The van der Waals surface area contributed by atoms with Crippen molar-refractivity contribution >= 4 is 51.5 Å². The van der Waals surface area contributed by atoms with E-state index in [0.29, 0.717) is 0 Å². The zero-order valence-electron chi connectivity index (χ0n) is 41.0. The Kier molecular flexibility index (Phi) is 12.4. The fraction of sp³-hybridized carbons (Fsp3) is 0.152. The number of fused-ring (bicyclic) bond motifs is 1. The molecule has 9 aromatic rings. The molecule has 0 saturated heterocycles. The van der Waals surface area contributed by atoms with Gasteiger partial charge in [-0.05, 0) is 124 Å². The number of aryl methyl sites for hydroxylation is 6. The minimum Gasteiger partial charge on any atom is -0.0818 e. The van der Waals surface area contributed by atoms with E-state index in [9.17, 15) is 0 Å². The molecule has 0 atom stereocenters. The van der Waals surface area contributed by atoms with Crippen molar-refractivity contribution in [2.75, 3.05) is 0 Å². The van der Waals surface area contributed by atoms with Crippen LogP contribution in [0, 0.1) is 41.5 Å². The van der Waals surface area contributed by atoms with E-state index in [1.165, 1.54) is 133 Å². The topological polar surface area (TPSA) is 0 Å². The third-order valence-electron chi connectivity index (χ3n) is 15.0. The maximum Gasteiger partial charge on any atom is 0.242 e. The van der Waals surface area contributed by atoms with Gasteiger partial charge in [0.2, 0.25) is 13.4 Å². The van der Waals surface area contributed by atoms with Gasteiger partial charge in [0.05, 0.1) is 0 Å². The molecule has 0 unspecified atom stereocenters. The van der Waals surface area contributed by atoms with Crippen LogP contribution in [-0.2, 0) is 0 Å². The van der Waals surface area contributed by atoms with E-state index >= 15 is 0 Å². The highest BCUT2D eigenvalue weighted by Gasteiger charge is 2.32. The monoisotopic (exact) mass is 874 g/mol. The van der Waals surface area contributed by atoms with Crippen LogP contribution in [-0.4, -0.2) is 13.4 Å². The molecule has 0 spiro atoms. The average Bonchev–Trinajstić information content (AvgIpc) is 3.35. The van der Waals surface area contributed by atoms with Crippen molar-refractivity contribution in [2.24, 2.45) is 0 Å². The first-order valence-electron chi connectivity index (χ1n) is 24.6. The predicted octanol–water partition coefficient (Wildman–Crippen LogP) is 14.1. The summed E-state index contributed by atoms with van der Waals surface area (Å²) in [5, 5.41) is 2.50. The normalized spacial score (nSPS) is 12.6. The first-order chi connectivity index (χ1) is 33.1. The number of rotatable bonds is 10. The van der Waals surface area contributed by atoms with E-state index < -0.39 is 0 Å². The quantitative estimate of drug-likeness (QED) is 0.120. The molecule has 68 heavy (non-hydrogen) atoms. The van der Waals surface area contributed by atoms with Crippen molar-refractivity contribution < 1.29 is 0 Å². The van der Waals surface area contributed by atoms with Gasteiger partial charge in [-0.2, -0.15) is 0 Å². The highest BCUT2D eigenvalue weighted by Crippen LogP contribution is 2.50. The highest BCUT2D eigenvalue weighted by atomic mass is 14.3. The summed E-state index contributed by atoms with van der Waals surface area (Å²) in [7, 11) is 0. The fourth-order valence-electron chi connectivity index (χ4n) is 11.9. The number of allylic oxidation sites excluding steroid dienone is 4. The molecule has 0 radical (unpaired) electrons. The van der Waals surface area contributed by atoms with Crippen molar-refractivity contribution in [2.45, 2.75) is 68.2 Å². The van der Waals surface area contributed by atoms with Crippen LogP contribution in [0.5, 0.6) is 0 Å². The van der Waals surface area contributed by atoms with Gasteiger partial charge in [0.1, 0.15) is 0 Å². The Hall–Kier alpha value is -7.15. The molecule has 330 valence electrons. The van der Waals surface area contributed by atoms with Gasteiger partial charge in [-0.1, -0.05) is 271 Å². The molecule has 0 aliphatic heterocycles. The molecule has 0 bridgehead atoms. The number of hydrogen-bond donors (Lipinski definition) is 0. The van der Waals surface area contributed by atoms with Gasteiger partial charge in [0.15, 0.2) is 0 Å². The minimum atomic E-state index is 0.0924. The van der Waals surface area contributed by atoms with Crippen LogP contribution in [0.4, 0.5) is 0 Å². The highest BCUT2D eigenvalue weighted by molar-refractivity contribution is 6.96. The molecular formula is C66H60B2. The molecule has 0 aromatic heterocycles. The van der Waals surface area contributed by atoms with Crippen LogP contribution in [0.1, 0.15) is 60.1 Å². The Bertz CT molecular complexity index is 3280. The molecule has 2 heteroatoms. The van der Waals surface area contributed by atoms with Crippen molar-refractivity contribution in [3.63, 3.8) is 0 Å². The van der Waals surface area contributed by atoms with Crippen LogP contribution < -0.4 is 27.3 Å². The average molecular weight is 875 g/mol. The molecule has 0 N–H and O–H groups in total. The first kappa shape index (κ1) is 44.7. The number of hydrogen-bond acceptors (Lipinski definition) is 0. The van der Waals surface area contributed by atoms with Gasteiger partial charge >= 0.3 is 0 Å². The summed E-state index contributed by atoms with van der Waals surface area (Å²) in [5.41, 5.74) is 29.0. The second-order valence-corrected chi connectivity index (χ2v) is 19.4. The van der Waals surface area contributed by atoms with Crippen LogP contribution in [0.2, 0.25) is 0 Å². The smallest absolute Gasteiger partial charge is 0.0818 e. The first-order valence-corrected chi connectivity index (χ1v) is 24.6. The van der Waals surface area contributed by atoms with Gasteiger partial charge in [-0.3, -0.25) is 0 Å². The molecule has 0 nitrogen and oxygen atoms in total. The fourth-order valence-corrected chi connectivity index (χ4v) is 11.9. The Labute approximate surface area is 406 Å². The maximum atomic E-state index is 2.45. The van der Waals surface area contributed by atoms with E-state index in [2.05, 4.69) is 250 Å². The van der Waals surface area contributed by atoms with Crippen LogP contribution in [0.3, 0.4) is 0 Å². The lowest BCUT2D eigenvalue weighted by Gasteiger charge is -2.28. The van der Waals surface area contributed by atoms with Gasteiger partial charge in [-0.25, -0.2) is 0 Å². The lowest BCUT2D eigenvalue weighted by atomic mass is 9.33. The summed E-state index contributed by atoms with van der Waals surface area (Å²) < 4.78 is 0. The van der Waals surface area contributed by atoms with Crippen molar-refractivity contribution in [3.05, 3.63) is 244 Å². The van der Waals surface area contributed by atoms with E-state index in [1.807, 2.05) is 0 Å². The van der Waals surface area contributed by atoms with E-state index in [4.69, 9.17) is 0 Å². The van der Waals surface area contributed by atoms with Crippen LogP contribution in [0.25, 0.3) is 55.3 Å². The van der Waals surface area contributed by atoms with Crippen LogP contribution in [0.15, 0.2) is 211 Å². The molecule has 9 aromatic carbocycles. The van der Waals surface area contributed by atoms with Gasteiger partial charge in [0.25, 0.3) is 0 Å². The summed E-state index contributed by atoms with van der Waals surface area (Å²) in [6, 6.07) is 70.9. The standard InChI is InChI=1S/C66H60B2/c1-43-21-17-22-44(2)63(43)67(64-45(3)23-18-24-46(64)4)55-39-35-53(36-40-55)61-59(51-29-11-9-12-30-51)57-33-15-16-34-58(57)60(52-31-13-10-14-32-52)62(61)54-37-41-56(42-38-54)68(65-47(5)25-19-26-48(65)6)66-49(7)27-20-28-50(66)8/h9-19,21-27,29-42H,20,28H2,1-8H3. The van der Waals surface area contributed by atoms with Crippen molar-refractivity contribution in [3.8, 4) is 44.5 Å². The summed E-state index contributed by atoms with van der Waals surface area (Å²) in [4.78, 5) is 0. The summed E-state index contributed by atoms with van der Waals surface area (Å²) >= 11 is 0. The second-order valence-electron chi connectivity index (χ2n) is 19.4. The third kappa shape index (κ3) is 8.11. The largest absolute Gasteiger partial charge is 0.242 e. The van der Waals surface area contributed by atoms with E-state index in [0.717, 1.165) is 12.8 Å². The predicted molar refractivity (Wildman–Crippen MR) is 299 cm³/mol. The zero-order valence-corrected chi connectivity index (χ0v) is 41.0. The molecule has 0 amide bonds. The lowest BCUT2D eigenvalue weighted by molar-refractivity contribution is 0.937. The summed E-state index contributed by atoms with van der Waals surface area (Å²) in [6.45, 7) is 18.6. The molecule has 1 aliphatic carbocycles. The summed E-state index contributed by atoms with van der Waals surface area (Å²) in [5.74, 6) is 0. The Balaban J connectivity index is 1.26.